The van der Waals surface area contributed by atoms with Crippen molar-refractivity contribution < 1.29 is 14.7 Å². The van der Waals surface area contributed by atoms with Gasteiger partial charge in [0.05, 0.1) is 12.5 Å². The highest BCUT2D eigenvalue weighted by atomic mass is 16.4. The number of amides is 2. The largest absolute Gasteiger partial charge is 0.481 e. The molecule has 2 aromatic rings. The van der Waals surface area contributed by atoms with Gasteiger partial charge in [0, 0.05) is 5.69 Å². The lowest BCUT2D eigenvalue weighted by Crippen LogP contribution is -2.33. The Balaban J connectivity index is 2.13. The SMILES string of the molecule is CC(C)(C)c1ccc(C(CC(=O)O)NC(=O)Nc2ccccc2)cc1. The molecule has 2 rings (SSSR count). The second kappa shape index (κ2) is 7.83. The summed E-state index contributed by atoms with van der Waals surface area (Å²) < 4.78 is 0. The Bertz CT molecular complexity index is 719. The van der Waals surface area contributed by atoms with E-state index in [0.29, 0.717) is 5.69 Å². The quantitative estimate of drug-likeness (QED) is 0.758. The summed E-state index contributed by atoms with van der Waals surface area (Å²) in [6.45, 7) is 6.34. The van der Waals surface area contributed by atoms with Gasteiger partial charge in [-0.2, -0.15) is 0 Å². The Hall–Kier alpha value is -2.82. The van der Waals surface area contributed by atoms with Crippen LogP contribution in [0.1, 0.15) is 44.4 Å². The zero-order chi connectivity index (χ0) is 18.4. The van der Waals surface area contributed by atoms with E-state index in [4.69, 9.17) is 5.11 Å². The van der Waals surface area contributed by atoms with Crippen molar-refractivity contribution in [1.82, 2.24) is 5.32 Å². The zero-order valence-electron chi connectivity index (χ0n) is 14.7. The third kappa shape index (κ3) is 5.64. The molecule has 0 aromatic heterocycles. The molecule has 5 nitrogen and oxygen atoms in total. The van der Waals surface area contributed by atoms with Gasteiger partial charge in [0.25, 0.3) is 0 Å². The van der Waals surface area contributed by atoms with Crippen molar-refractivity contribution in [2.75, 3.05) is 5.32 Å². The minimum absolute atomic E-state index is 0.0128. The number of carbonyl (C=O) groups excluding carboxylic acids is 1. The Kier molecular flexibility index (Phi) is 5.80. The fraction of sp³-hybridized carbons (Fsp3) is 0.300. The number of nitrogens with one attached hydrogen (secondary N) is 2. The molecule has 0 aliphatic carbocycles. The first-order valence-corrected chi connectivity index (χ1v) is 8.20. The zero-order valence-corrected chi connectivity index (χ0v) is 14.7. The summed E-state index contributed by atoms with van der Waals surface area (Å²) in [4.78, 5) is 23.4. The Morgan fingerprint density at radius 3 is 2.12 bits per heavy atom. The predicted molar refractivity (Wildman–Crippen MR) is 98.7 cm³/mol. The van der Waals surface area contributed by atoms with E-state index in [1.165, 1.54) is 0 Å². The van der Waals surface area contributed by atoms with Gasteiger partial charge in [0.1, 0.15) is 0 Å². The molecule has 0 saturated carbocycles. The highest BCUT2D eigenvalue weighted by Crippen LogP contribution is 2.25. The summed E-state index contributed by atoms with van der Waals surface area (Å²) in [5.74, 6) is -0.968. The summed E-state index contributed by atoms with van der Waals surface area (Å²) in [5.41, 5.74) is 2.58. The fourth-order valence-corrected chi connectivity index (χ4v) is 2.49. The number of rotatable bonds is 5. The van der Waals surface area contributed by atoms with Gasteiger partial charge in [-0.15, -0.1) is 0 Å². The number of hydrogen-bond acceptors (Lipinski definition) is 2. The van der Waals surface area contributed by atoms with Crippen molar-refractivity contribution in [2.24, 2.45) is 0 Å². The smallest absolute Gasteiger partial charge is 0.319 e. The van der Waals surface area contributed by atoms with Crippen LogP contribution >= 0.6 is 0 Å². The number of aliphatic carboxylic acids is 1. The summed E-state index contributed by atoms with van der Waals surface area (Å²) in [6, 6.07) is 15.7. The third-order valence-electron chi connectivity index (χ3n) is 3.89. The van der Waals surface area contributed by atoms with Crippen LogP contribution in [-0.4, -0.2) is 17.1 Å². The van der Waals surface area contributed by atoms with E-state index in [1.807, 2.05) is 42.5 Å². The molecule has 132 valence electrons. The number of benzene rings is 2. The molecule has 0 heterocycles. The normalized spacial score (nSPS) is 12.3. The van der Waals surface area contributed by atoms with Gasteiger partial charge < -0.3 is 15.7 Å². The average Bonchev–Trinajstić information content (AvgIpc) is 2.54. The molecule has 0 spiro atoms. The molecule has 5 heteroatoms. The van der Waals surface area contributed by atoms with Gasteiger partial charge >= 0.3 is 12.0 Å². The summed E-state index contributed by atoms with van der Waals surface area (Å²) in [7, 11) is 0. The number of carboxylic acids is 1. The molecule has 0 fully saturated rings. The minimum atomic E-state index is -0.968. The maximum atomic E-state index is 12.2. The van der Waals surface area contributed by atoms with E-state index in [0.717, 1.165) is 11.1 Å². The molecule has 2 amide bonds. The maximum Gasteiger partial charge on any atom is 0.319 e. The summed E-state index contributed by atoms with van der Waals surface area (Å²) in [6.07, 6.45) is -0.183. The van der Waals surface area contributed by atoms with Crippen LogP contribution in [0.3, 0.4) is 0 Å². The van der Waals surface area contributed by atoms with Crippen LogP contribution < -0.4 is 10.6 Å². The molecule has 0 radical (unpaired) electrons. The first kappa shape index (κ1) is 18.5. The van der Waals surface area contributed by atoms with Crippen LogP contribution in [-0.2, 0) is 10.2 Å². The van der Waals surface area contributed by atoms with Crippen molar-refractivity contribution in [2.45, 2.75) is 38.6 Å². The number of para-hydroxylation sites is 1. The lowest BCUT2D eigenvalue weighted by molar-refractivity contribution is -0.137. The van der Waals surface area contributed by atoms with Gasteiger partial charge in [-0.1, -0.05) is 63.2 Å². The number of anilines is 1. The maximum absolute atomic E-state index is 12.2. The Labute approximate surface area is 148 Å². The van der Waals surface area contributed by atoms with Crippen LogP contribution in [0.5, 0.6) is 0 Å². The average molecular weight is 340 g/mol. The second-order valence-corrected chi connectivity index (χ2v) is 6.99. The van der Waals surface area contributed by atoms with Crippen molar-refractivity contribution in [3.63, 3.8) is 0 Å². The van der Waals surface area contributed by atoms with Crippen molar-refractivity contribution in [1.29, 1.82) is 0 Å². The number of carbonyl (C=O) groups is 2. The van der Waals surface area contributed by atoms with Crippen molar-refractivity contribution >= 4 is 17.7 Å². The summed E-state index contributed by atoms with van der Waals surface area (Å²) in [5, 5.41) is 14.6. The van der Waals surface area contributed by atoms with E-state index < -0.39 is 18.0 Å². The molecule has 0 saturated heterocycles. The highest BCUT2D eigenvalue weighted by Gasteiger charge is 2.20. The lowest BCUT2D eigenvalue weighted by atomic mass is 9.86. The number of hydrogen-bond donors (Lipinski definition) is 3. The first-order valence-electron chi connectivity index (χ1n) is 8.20. The fourth-order valence-electron chi connectivity index (χ4n) is 2.49. The molecule has 1 unspecified atom stereocenters. The Morgan fingerprint density at radius 2 is 1.60 bits per heavy atom. The van der Waals surface area contributed by atoms with E-state index in [9.17, 15) is 9.59 Å². The topological polar surface area (TPSA) is 78.4 Å². The molecule has 0 bridgehead atoms. The molecule has 25 heavy (non-hydrogen) atoms. The second-order valence-electron chi connectivity index (χ2n) is 6.99. The van der Waals surface area contributed by atoms with Gasteiger partial charge in [0.15, 0.2) is 0 Å². The molecule has 3 N–H and O–H groups in total. The first-order chi connectivity index (χ1) is 11.8. The molecule has 1 atom stereocenters. The standard InChI is InChI=1S/C20H24N2O3/c1-20(2,3)15-11-9-14(10-12-15)17(13-18(23)24)22-19(25)21-16-7-5-4-6-8-16/h4-12,17H,13H2,1-3H3,(H,23,24)(H2,21,22,25). The van der Waals surface area contributed by atoms with Crippen LogP contribution in [0.2, 0.25) is 0 Å². The van der Waals surface area contributed by atoms with Crippen molar-refractivity contribution in [3.05, 3.63) is 65.7 Å². The van der Waals surface area contributed by atoms with Gasteiger partial charge in [-0.05, 0) is 28.7 Å². The summed E-state index contributed by atoms with van der Waals surface area (Å²) >= 11 is 0. The predicted octanol–water partition coefficient (Wildman–Crippen LogP) is 4.32. The number of carboxylic acid groups (broad SMARTS) is 1. The van der Waals surface area contributed by atoms with E-state index in [2.05, 4.69) is 31.4 Å². The lowest BCUT2D eigenvalue weighted by Gasteiger charge is -2.22. The van der Waals surface area contributed by atoms with Crippen molar-refractivity contribution in [3.8, 4) is 0 Å². The Morgan fingerprint density at radius 1 is 1.00 bits per heavy atom. The number of urea groups is 1. The van der Waals surface area contributed by atoms with Crippen LogP contribution in [0, 0.1) is 0 Å². The highest BCUT2D eigenvalue weighted by molar-refractivity contribution is 5.89. The van der Waals surface area contributed by atoms with E-state index in [1.54, 1.807) is 12.1 Å². The van der Waals surface area contributed by atoms with Gasteiger partial charge in [0.2, 0.25) is 0 Å². The minimum Gasteiger partial charge on any atom is -0.481 e. The van der Waals surface area contributed by atoms with E-state index in [-0.39, 0.29) is 11.8 Å². The molecule has 0 aliphatic heterocycles. The monoisotopic (exact) mass is 340 g/mol. The molecular weight excluding hydrogens is 316 g/mol. The van der Waals surface area contributed by atoms with Crippen LogP contribution in [0.4, 0.5) is 10.5 Å². The third-order valence-corrected chi connectivity index (χ3v) is 3.89. The van der Waals surface area contributed by atoms with Crippen LogP contribution in [0.25, 0.3) is 0 Å². The van der Waals surface area contributed by atoms with E-state index >= 15 is 0 Å². The molecule has 0 aliphatic rings. The van der Waals surface area contributed by atoms with Gasteiger partial charge in [-0.3, -0.25) is 4.79 Å². The molecule has 2 aromatic carbocycles. The van der Waals surface area contributed by atoms with Crippen LogP contribution in [0.15, 0.2) is 54.6 Å². The molecular formula is C20H24N2O3. The van der Waals surface area contributed by atoms with Gasteiger partial charge in [-0.25, -0.2) is 4.79 Å².